The van der Waals surface area contributed by atoms with Crippen molar-refractivity contribution in [2.75, 3.05) is 0 Å². The quantitative estimate of drug-likeness (QED) is 0.140. The third-order valence-electron chi connectivity index (χ3n) is 23.2. The molecule has 0 saturated heterocycles. The van der Waals surface area contributed by atoms with Crippen molar-refractivity contribution in [3.63, 3.8) is 0 Å². The fourth-order valence-electron chi connectivity index (χ4n) is 18.4. The standard InChI is InChI=1S/C101H59N7O2/c1-3-20-63(21-4-1)94-103-96(65-43-39-60(40-44-65)67-47-51-72-75-30-17-24-62-25-18-31-76(92(62)75)78(72)56-67)107-99(106-94)70-49-53-84-91(59-70)110-89-57-68(48-52-83(89)100(84)79-32-10-7-26-73(79)74-27-8-11-33-80(74)100)71-29-19-36-86-93(71)77-28-9-12-34-81(77)101(86)82-35-13-14-38-88(82)109-90-58-69(50-54-85(90)101)98-105-95(64-22-5-2-6-23-64)104-97(108-98)66-45-41-61(42-46-66)87-37-15-16-55-102-87/h1-59H. The van der Waals surface area contributed by atoms with Crippen LogP contribution in [0.4, 0.5) is 0 Å². The zero-order valence-corrected chi connectivity index (χ0v) is 59.0. The van der Waals surface area contributed by atoms with Crippen molar-refractivity contribution in [3.8, 4) is 169 Å². The van der Waals surface area contributed by atoms with Crippen LogP contribution in [0.15, 0.2) is 358 Å². The molecule has 9 nitrogen and oxygen atoms in total. The summed E-state index contributed by atoms with van der Waals surface area (Å²) in [5, 5.41) is 2.58. The van der Waals surface area contributed by atoms with Crippen molar-refractivity contribution in [2.45, 2.75) is 10.8 Å². The number of rotatable bonds is 9. The molecular formula is C101H59N7O2. The van der Waals surface area contributed by atoms with E-state index in [-0.39, 0.29) is 0 Å². The fraction of sp³-hybridized carbons (Fsp3) is 0.0198. The zero-order valence-electron chi connectivity index (χ0n) is 59.0. The Hall–Kier alpha value is -14.7. The van der Waals surface area contributed by atoms with Gasteiger partial charge >= 0.3 is 0 Å². The van der Waals surface area contributed by atoms with Gasteiger partial charge in [0.1, 0.15) is 23.0 Å². The van der Waals surface area contributed by atoms with Gasteiger partial charge in [-0.3, -0.25) is 4.98 Å². The van der Waals surface area contributed by atoms with E-state index in [1.165, 1.54) is 55.3 Å². The molecule has 2 spiro atoms. The molecule has 15 aromatic carbocycles. The second-order valence-electron chi connectivity index (χ2n) is 28.9. The molecule has 0 radical (unpaired) electrons. The van der Waals surface area contributed by atoms with Crippen LogP contribution >= 0.6 is 0 Å². The van der Waals surface area contributed by atoms with Crippen molar-refractivity contribution in [1.82, 2.24) is 34.9 Å². The average molecular weight is 1400 g/mol. The Labute approximate surface area is 633 Å². The van der Waals surface area contributed by atoms with Gasteiger partial charge in [-0.15, -0.1) is 0 Å². The molecule has 23 rings (SSSR count). The topological polar surface area (TPSA) is 109 Å². The normalized spacial score (nSPS) is 14.3. The van der Waals surface area contributed by atoms with Crippen molar-refractivity contribution >= 4 is 10.8 Å². The molecule has 3 aliphatic carbocycles. The highest BCUT2D eigenvalue weighted by atomic mass is 16.5. The van der Waals surface area contributed by atoms with Gasteiger partial charge in [-0.1, -0.05) is 309 Å². The minimum absolute atomic E-state index is 0.530. The number of hydrogen-bond donors (Lipinski definition) is 0. The molecule has 0 amide bonds. The lowest BCUT2D eigenvalue weighted by atomic mass is 9.65. The highest BCUT2D eigenvalue weighted by Crippen LogP contribution is 2.66. The van der Waals surface area contributed by atoms with Crippen LogP contribution in [0.5, 0.6) is 23.0 Å². The second kappa shape index (κ2) is 23.9. The average Bonchev–Trinajstić information content (AvgIpc) is 1.50. The lowest BCUT2D eigenvalue weighted by Crippen LogP contribution is -2.32. The summed E-state index contributed by atoms with van der Waals surface area (Å²) in [6, 6.07) is 125. The maximum atomic E-state index is 7.59. The highest BCUT2D eigenvalue weighted by Gasteiger charge is 2.54. The number of benzene rings is 15. The summed E-state index contributed by atoms with van der Waals surface area (Å²) in [4.78, 5) is 36.1. The molecule has 0 fully saturated rings. The first-order valence-corrected chi connectivity index (χ1v) is 37.2. The van der Waals surface area contributed by atoms with E-state index in [0.29, 0.717) is 34.9 Å². The SMILES string of the molecule is c1ccc(-c2nc(-c3ccc(-c4ccc5c(c4)-c4cccc6cccc-5c46)cc3)nc(-c3ccc4c(c3)Oc3cc(-c5cccc6c5-c5ccccc5C65c6ccccc6Oc6cc(-c7nc(-c8ccccc8)nc(-c8ccc(-c9ccccn9)cc8)n7)ccc65)ccc3C43c4ccccc4-c4ccccc43)n2)cc1. The van der Waals surface area contributed by atoms with Gasteiger partial charge < -0.3 is 9.47 Å². The van der Waals surface area contributed by atoms with Crippen LogP contribution < -0.4 is 9.47 Å². The predicted molar refractivity (Wildman–Crippen MR) is 437 cm³/mol. The minimum atomic E-state index is -0.799. The molecule has 18 aromatic rings. The molecule has 1 unspecified atom stereocenters. The maximum Gasteiger partial charge on any atom is 0.164 e. The second-order valence-corrected chi connectivity index (χ2v) is 28.9. The van der Waals surface area contributed by atoms with Crippen LogP contribution in [-0.4, -0.2) is 34.9 Å². The minimum Gasteiger partial charge on any atom is -0.457 e. The number of hydrogen-bond acceptors (Lipinski definition) is 9. The molecule has 1 atom stereocenters. The van der Waals surface area contributed by atoms with Gasteiger partial charge in [0.2, 0.25) is 0 Å². The van der Waals surface area contributed by atoms with Gasteiger partial charge in [0, 0.05) is 67.4 Å². The summed E-state index contributed by atoms with van der Waals surface area (Å²) in [6.07, 6.45) is 1.81. The molecule has 5 heterocycles. The molecule has 0 N–H and O–H groups in total. The number of fused-ring (bicyclic) bond motifs is 21. The van der Waals surface area contributed by atoms with Crippen molar-refractivity contribution in [2.24, 2.45) is 0 Å². The first kappa shape index (κ1) is 61.6. The Balaban J connectivity index is 0.651. The smallest absolute Gasteiger partial charge is 0.164 e. The lowest BCUT2D eigenvalue weighted by Gasteiger charge is -2.40. The molecule has 5 aliphatic rings. The monoisotopic (exact) mass is 1400 g/mol. The van der Waals surface area contributed by atoms with E-state index in [4.69, 9.17) is 39.4 Å². The fourth-order valence-corrected chi connectivity index (χ4v) is 18.4. The van der Waals surface area contributed by atoms with Gasteiger partial charge in [0.15, 0.2) is 34.9 Å². The summed E-state index contributed by atoms with van der Waals surface area (Å²) < 4.78 is 14.8. The van der Waals surface area contributed by atoms with E-state index in [9.17, 15) is 0 Å². The van der Waals surface area contributed by atoms with E-state index in [1.54, 1.807) is 0 Å². The Morgan fingerprint density at radius 2 is 0.582 bits per heavy atom. The molecule has 0 bridgehead atoms. The zero-order chi connectivity index (χ0) is 72.2. The largest absolute Gasteiger partial charge is 0.457 e. The first-order chi connectivity index (χ1) is 54.5. The van der Waals surface area contributed by atoms with E-state index < -0.39 is 10.8 Å². The van der Waals surface area contributed by atoms with E-state index in [0.717, 1.165) is 134 Å². The molecular weight excluding hydrogens is 1340 g/mol. The van der Waals surface area contributed by atoms with E-state index >= 15 is 0 Å². The van der Waals surface area contributed by atoms with Crippen LogP contribution in [0, 0.1) is 0 Å². The van der Waals surface area contributed by atoms with Gasteiger partial charge in [-0.2, -0.15) is 0 Å². The van der Waals surface area contributed by atoms with Crippen LogP contribution in [0.2, 0.25) is 0 Å². The molecule has 3 aromatic heterocycles. The maximum absolute atomic E-state index is 7.59. The summed E-state index contributed by atoms with van der Waals surface area (Å²) in [7, 11) is 0. The van der Waals surface area contributed by atoms with Gasteiger partial charge in [0.25, 0.3) is 0 Å². The number of para-hydroxylation sites is 1. The van der Waals surface area contributed by atoms with Crippen LogP contribution in [0.1, 0.15) is 44.5 Å². The van der Waals surface area contributed by atoms with Crippen LogP contribution in [0.25, 0.3) is 157 Å². The number of ether oxygens (including phenoxy) is 2. The summed E-state index contributed by atoms with van der Waals surface area (Å²) >= 11 is 0. The third-order valence-corrected chi connectivity index (χ3v) is 23.2. The molecule has 2 aliphatic heterocycles. The van der Waals surface area contributed by atoms with E-state index in [1.807, 2.05) is 72.9 Å². The lowest BCUT2D eigenvalue weighted by molar-refractivity contribution is 0.436. The Bertz CT molecular complexity index is 6850. The highest BCUT2D eigenvalue weighted by molar-refractivity contribution is 6.16. The van der Waals surface area contributed by atoms with Crippen molar-refractivity contribution in [3.05, 3.63) is 403 Å². The summed E-state index contributed by atoms with van der Waals surface area (Å²) in [5.74, 6) is 6.32. The summed E-state index contributed by atoms with van der Waals surface area (Å²) in [6.45, 7) is 0. The Kier molecular flexibility index (Phi) is 13.4. The van der Waals surface area contributed by atoms with Gasteiger partial charge in [0.05, 0.1) is 16.5 Å². The predicted octanol–water partition coefficient (Wildman–Crippen LogP) is 24.2. The summed E-state index contributed by atoms with van der Waals surface area (Å²) in [5.41, 5.74) is 28.5. The van der Waals surface area contributed by atoms with Crippen molar-refractivity contribution in [1.29, 1.82) is 0 Å². The number of nitrogens with zero attached hydrogens (tertiary/aromatic N) is 7. The van der Waals surface area contributed by atoms with Crippen LogP contribution in [-0.2, 0) is 10.8 Å². The number of aromatic nitrogens is 7. The molecule has 510 valence electrons. The molecule has 0 saturated carbocycles. The molecule has 9 heteroatoms. The van der Waals surface area contributed by atoms with Gasteiger partial charge in [-0.25, -0.2) is 29.9 Å². The Morgan fingerprint density at radius 1 is 0.200 bits per heavy atom. The Morgan fingerprint density at radius 3 is 1.15 bits per heavy atom. The van der Waals surface area contributed by atoms with E-state index in [2.05, 4.69) is 290 Å². The third kappa shape index (κ3) is 9.12. The van der Waals surface area contributed by atoms with Crippen LogP contribution in [0.3, 0.4) is 0 Å². The first-order valence-electron chi connectivity index (χ1n) is 37.2. The molecule has 110 heavy (non-hydrogen) atoms. The van der Waals surface area contributed by atoms with Crippen molar-refractivity contribution < 1.29 is 9.47 Å². The van der Waals surface area contributed by atoms with Gasteiger partial charge in [-0.05, 0) is 142 Å². The number of pyridine rings is 1.